The quantitative estimate of drug-likeness (QED) is 0.557. The maximum absolute atomic E-state index is 10.7. The van der Waals surface area contributed by atoms with Crippen LogP contribution >= 0.6 is 0 Å². The van der Waals surface area contributed by atoms with Crippen molar-refractivity contribution in [3.8, 4) is 5.75 Å². The lowest BCUT2D eigenvalue weighted by Crippen LogP contribution is -2.14. The Morgan fingerprint density at radius 1 is 0.846 bits per heavy atom. The van der Waals surface area contributed by atoms with E-state index in [-0.39, 0.29) is 11.8 Å². The predicted molar refractivity (Wildman–Crippen MR) is 104 cm³/mol. The van der Waals surface area contributed by atoms with Crippen LogP contribution in [0.1, 0.15) is 22.7 Å². The average Bonchev–Trinajstić information content (AvgIpc) is 2.68. The molecule has 0 saturated heterocycles. The molecule has 4 nitrogen and oxygen atoms in total. The van der Waals surface area contributed by atoms with E-state index >= 15 is 0 Å². The van der Waals surface area contributed by atoms with Crippen LogP contribution in [0.25, 0.3) is 10.9 Å². The van der Waals surface area contributed by atoms with Crippen molar-refractivity contribution in [1.29, 1.82) is 0 Å². The molecule has 0 fully saturated rings. The smallest absolute Gasteiger partial charge is 0.126 e. The first-order chi connectivity index (χ1) is 12.7. The van der Waals surface area contributed by atoms with Gasteiger partial charge in [-0.2, -0.15) is 0 Å². The fourth-order valence-corrected chi connectivity index (χ4v) is 3.14. The molecule has 0 aliphatic heterocycles. The Morgan fingerprint density at radius 2 is 1.65 bits per heavy atom. The van der Waals surface area contributed by atoms with Gasteiger partial charge in [-0.15, -0.1) is 0 Å². The van der Waals surface area contributed by atoms with Crippen LogP contribution in [-0.4, -0.2) is 15.1 Å². The Kier molecular flexibility index (Phi) is 4.23. The third kappa shape index (κ3) is 3.09. The summed E-state index contributed by atoms with van der Waals surface area (Å²) in [7, 11) is 0. The van der Waals surface area contributed by atoms with Gasteiger partial charge in [0.2, 0.25) is 0 Å². The summed E-state index contributed by atoms with van der Waals surface area (Å²) in [4.78, 5) is 8.81. The van der Waals surface area contributed by atoms with Crippen LogP contribution in [0.5, 0.6) is 5.75 Å². The number of benzene rings is 2. The molecule has 4 rings (SSSR count). The molecule has 4 heteroatoms. The van der Waals surface area contributed by atoms with Gasteiger partial charge in [0.05, 0.1) is 11.6 Å². The fourth-order valence-electron chi connectivity index (χ4n) is 3.14. The molecule has 0 unspecified atom stereocenters. The van der Waals surface area contributed by atoms with Crippen LogP contribution < -0.4 is 5.32 Å². The maximum atomic E-state index is 10.7. The first-order valence-corrected chi connectivity index (χ1v) is 8.53. The molecule has 0 bridgehead atoms. The number of nitrogens with one attached hydrogen (secondary N) is 1. The molecule has 0 amide bonds. The summed E-state index contributed by atoms with van der Waals surface area (Å²) in [5.41, 5.74) is 3.88. The van der Waals surface area contributed by atoms with Gasteiger partial charge >= 0.3 is 0 Å². The number of pyridine rings is 2. The van der Waals surface area contributed by atoms with Crippen molar-refractivity contribution in [2.75, 3.05) is 5.32 Å². The first kappa shape index (κ1) is 16.1. The molecule has 2 heterocycles. The summed E-state index contributed by atoms with van der Waals surface area (Å²) >= 11 is 0. The zero-order valence-electron chi connectivity index (χ0n) is 14.4. The van der Waals surface area contributed by atoms with Crippen molar-refractivity contribution in [3.05, 3.63) is 95.8 Å². The van der Waals surface area contributed by atoms with E-state index < -0.39 is 0 Å². The van der Waals surface area contributed by atoms with E-state index in [1.165, 1.54) is 5.56 Å². The standard InChI is InChI=1S/C22H19N3O/c1-15-7-9-16(10-8-15)22(25-20-6-2-3-13-24-20)21-17-5-4-14-23-18(17)11-12-19(21)26/h2-14,22,26H,1H3,(H,24,25)/t22-/m1/s1. The summed E-state index contributed by atoms with van der Waals surface area (Å²) in [6.45, 7) is 2.06. The number of hydrogen-bond acceptors (Lipinski definition) is 4. The molecule has 0 spiro atoms. The Bertz CT molecular complexity index is 1030. The normalized spacial score (nSPS) is 12.0. The van der Waals surface area contributed by atoms with Crippen molar-refractivity contribution in [1.82, 2.24) is 9.97 Å². The maximum Gasteiger partial charge on any atom is 0.126 e. The number of hydrogen-bond donors (Lipinski definition) is 2. The minimum Gasteiger partial charge on any atom is -0.508 e. The minimum atomic E-state index is -0.251. The zero-order valence-corrected chi connectivity index (χ0v) is 14.4. The third-order valence-electron chi connectivity index (χ3n) is 4.46. The highest BCUT2D eigenvalue weighted by molar-refractivity contribution is 5.86. The van der Waals surface area contributed by atoms with Crippen molar-refractivity contribution in [2.24, 2.45) is 0 Å². The molecule has 2 N–H and O–H groups in total. The summed E-state index contributed by atoms with van der Waals surface area (Å²) in [5, 5.41) is 15.1. The SMILES string of the molecule is Cc1ccc([C@@H](Nc2ccccn2)c2c(O)ccc3ncccc23)cc1. The number of rotatable bonds is 4. The first-order valence-electron chi connectivity index (χ1n) is 8.53. The van der Waals surface area contributed by atoms with Gasteiger partial charge in [0.1, 0.15) is 11.6 Å². The largest absolute Gasteiger partial charge is 0.508 e. The molecule has 128 valence electrons. The summed E-state index contributed by atoms with van der Waals surface area (Å²) in [5.74, 6) is 0.984. The fraction of sp³-hybridized carbons (Fsp3) is 0.0909. The zero-order chi connectivity index (χ0) is 17.9. The monoisotopic (exact) mass is 341 g/mol. The molecule has 0 saturated carbocycles. The lowest BCUT2D eigenvalue weighted by atomic mass is 9.93. The van der Waals surface area contributed by atoms with Crippen LogP contribution in [0.2, 0.25) is 0 Å². The van der Waals surface area contributed by atoms with E-state index in [9.17, 15) is 5.11 Å². The number of aromatic hydroxyl groups is 1. The van der Waals surface area contributed by atoms with Crippen LogP contribution in [-0.2, 0) is 0 Å². The Hall–Kier alpha value is -3.40. The molecule has 0 aliphatic rings. The van der Waals surface area contributed by atoms with E-state index in [0.29, 0.717) is 0 Å². The van der Waals surface area contributed by atoms with Gasteiger partial charge in [-0.1, -0.05) is 42.0 Å². The highest BCUT2D eigenvalue weighted by Gasteiger charge is 2.21. The number of anilines is 1. The summed E-state index contributed by atoms with van der Waals surface area (Å²) in [6.07, 6.45) is 3.51. The Morgan fingerprint density at radius 3 is 2.42 bits per heavy atom. The van der Waals surface area contributed by atoms with Crippen molar-refractivity contribution < 1.29 is 5.11 Å². The molecular weight excluding hydrogens is 322 g/mol. The van der Waals surface area contributed by atoms with Crippen molar-refractivity contribution in [3.63, 3.8) is 0 Å². The number of aryl methyl sites for hydroxylation is 1. The molecule has 2 aromatic carbocycles. The van der Waals surface area contributed by atoms with E-state index in [4.69, 9.17) is 0 Å². The molecule has 2 aromatic heterocycles. The minimum absolute atomic E-state index is 0.236. The van der Waals surface area contributed by atoms with Gasteiger partial charge in [0.15, 0.2) is 0 Å². The van der Waals surface area contributed by atoms with Gasteiger partial charge in [-0.3, -0.25) is 4.98 Å². The van der Waals surface area contributed by atoms with Crippen LogP contribution in [0.4, 0.5) is 5.82 Å². The average molecular weight is 341 g/mol. The van der Waals surface area contributed by atoms with Gasteiger partial charge in [0, 0.05) is 23.3 Å². The Labute approximate surface area is 152 Å². The molecular formula is C22H19N3O. The Balaban J connectivity index is 1.91. The lowest BCUT2D eigenvalue weighted by molar-refractivity contribution is 0.468. The van der Waals surface area contributed by atoms with E-state index in [2.05, 4.69) is 46.5 Å². The topological polar surface area (TPSA) is 58.0 Å². The second kappa shape index (κ2) is 6.84. The number of fused-ring (bicyclic) bond motifs is 1. The highest BCUT2D eigenvalue weighted by atomic mass is 16.3. The second-order valence-corrected chi connectivity index (χ2v) is 6.27. The second-order valence-electron chi connectivity index (χ2n) is 6.27. The van der Waals surface area contributed by atoms with Crippen molar-refractivity contribution >= 4 is 16.7 Å². The van der Waals surface area contributed by atoms with Crippen LogP contribution in [0.15, 0.2) is 79.1 Å². The van der Waals surface area contributed by atoms with E-state index in [1.54, 1.807) is 18.5 Å². The number of phenolic OH excluding ortho intramolecular Hbond substituents is 1. The molecule has 0 aliphatic carbocycles. The van der Waals surface area contributed by atoms with E-state index in [1.807, 2.05) is 36.4 Å². The van der Waals surface area contributed by atoms with E-state index in [0.717, 1.165) is 27.8 Å². The van der Waals surface area contributed by atoms with Crippen molar-refractivity contribution in [2.45, 2.75) is 13.0 Å². The lowest BCUT2D eigenvalue weighted by Gasteiger charge is -2.23. The van der Waals surface area contributed by atoms with Gasteiger partial charge in [-0.05, 0) is 42.8 Å². The van der Waals surface area contributed by atoms with Crippen LogP contribution in [0, 0.1) is 6.92 Å². The summed E-state index contributed by atoms with van der Waals surface area (Å²) < 4.78 is 0. The highest BCUT2D eigenvalue weighted by Crippen LogP contribution is 2.37. The molecule has 4 aromatic rings. The molecule has 0 radical (unpaired) electrons. The summed E-state index contributed by atoms with van der Waals surface area (Å²) in [6, 6.07) is 21.2. The number of nitrogens with zero attached hydrogens (tertiary/aromatic N) is 2. The molecule has 1 atom stereocenters. The predicted octanol–water partition coefficient (Wildman–Crippen LogP) is 4.85. The third-order valence-corrected chi connectivity index (χ3v) is 4.46. The number of aromatic nitrogens is 2. The van der Waals surface area contributed by atoms with Gasteiger partial charge in [0.25, 0.3) is 0 Å². The van der Waals surface area contributed by atoms with Gasteiger partial charge in [-0.25, -0.2) is 4.98 Å². The molecule has 26 heavy (non-hydrogen) atoms. The van der Waals surface area contributed by atoms with Gasteiger partial charge < -0.3 is 10.4 Å². The number of phenols is 1. The van der Waals surface area contributed by atoms with Crippen LogP contribution in [0.3, 0.4) is 0 Å².